The highest BCUT2D eigenvalue weighted by Crippen LogP contribution is 2.10. The van der Waals surface area contributed by atoms with E-state index >= 15 is 0 Å². The molecule has 0 aliphatic carbocycles. The van der Waals surface area contributed by atoms with Gasteiger partial charge < -0.3 is 20.1 Å². The van der Waals surface area contributed by atoms with Gasteiger partial charge in [0.25, 0.3) is 5.91 Å². The van der Waals surface area contributed by atoms with Crippen molar-refractivity contribution in [1.82, 2.24) is 10.6 Å². The minimum atomic E-state index is -0.596. The first-order valence-corrected chi connectivity index (χ1v) is 7.78. The molecule has 1 atom stereocenters. The first-order valence-electron chi connectivity index (χ1n) is 7.78. The third kappa shape index (κ3) is 5.26. The summed E-state index contributed by atoms with van der Waals surface area (Å²) in [5, 5.41) is 5.28. The summed E-state index contributed by atoms with van der Waals surface area (Å²) < 4.78 is 9.97. The highest BCUT2D eigenvalue weighted by atomic mass is 16.6. The van der Waals surface area contributed by atoms with Crippen LogP contribution < -0.4 is 10.6 Å². The van der Waals surface area contributed by atoms with Gasteiger partial charge in [-0.05, 0) is 38.5 Å². The molecule has 7 heteroatoms. The van der Waals surface area contributed by atoms with E-state index in [0.29, 0.717) is 18.6 Å². The molecule has 0 unspecified atom stereocenters. The summed E-state index contributed by atoms with van der Waals surface area (Å²) in [7, 11) is 0. The minimum absolute atomic E-state index is 0.238. The van der Waals surface area contributed by atoms with Crippen LogP contribution in [0.5, 0.6) is 0 Å². The number of amides is 2. The van der Waals surface area contributed by atoms with E-state index in [0.717, 1.165) is 5.56 Å². The van der Waals surface area contributed by atoms with Crippen molar-refractivity contribution in [2.75, 3.05) is 6.61 Å². The molecule has 2 amide bonds. The third-order valence-corrected chi connectivity index (χ3v) is 3.27. The number of nitrogens with one attached hydrogen (secondary N) is 2. The normalized spacial score (nSPS) is 17.1. The molecule has 7 nitrogen and oxygen atoms in total. The largest absolute Gasteiger partial charge is 0.464 e. The molecular weight excluding hydrogens is 312 g/mol. The van der Waals surface area contributed by atoms with Crippen molar-refractivity contribution in [3.05, 3.63) is 35.4 Å². The Hall–Kier alpha value is -2.57. The Morgan fingerprint density at radius 1 is 1.33 bits per heavy atom. The van der Waals surface area contributed by atoms with Crippen molar-refractivity contribution in [2.45, 2.75) is 45.4 Å². The number of cyclic esters (lactones) is 1. The van der Waals surface area contributed by atoms with Crippen LogP contribution in [0.4, 0.5) is 4.79 Å². The second-order valence-corrected chi connectivity index (χ2v) is 6.54. The van der Waals surface area contributed by atoms with E-state index in [1.165, 1.54) is 0 Å². The van der Waals surface area contributed by atoms with Gasteiger partial charge in [-0.15, -0.1) is 0 Å². The molecule has 1 aliphatic heterocycles. The Labute approximate surface area is 140 Å². The summed E-state index contributed by atoms with van der Waals surface area (Å²) in [5.41, 5.74) is 0.600. The number of carbonyl (C=O) groups excluding carboxylic acids is 3. The maximum absolute atomic E-state index is 12.2. The van der Waals surface area contributed by atoms with Crippen LogP contribution in [0.2, 0.25) is 0 Å². The third-order valence-electron chi connectivity index (χ3n) is 3.27. The van der Waals surface area contributed by atoms with Crippen molar-refractivity contribution in [1.29, 1.82) is 0 Å². The first-order chi connectivity index (χ1) is 11.2. The highest BCUT2D eigenvalue weighted by Gasteiger charge is 2.28. The number of hydrogen-bond acceptors (Lipinski definition) is 5. The van der Waals surface area contributed by atoms with Gasteiger partial charge >= 0.3 is 12.1 Å². The lowest BCUT2D eigenvalue weighted by atomic mass is 10.1. The van der Waals surface area contributed by atoms with Crippen molar-refractivity contribution in [3.8, 4) is 0 Å². The van der Waals surface area contributed by atoms with Crippen LogP contribution in [-0.2, 0) is 20.8 Å². The molecule has 0 saturated carbocycles. The first kappa shape index (κ1) is 17.8. The van der Waals surface area contributed by atoms with Gasteiger partial charge in [0.05, 0.1) is 6.61 Å². The lowest BCUT2D eigenvalue weighted by molar-refractivity contribution is -0.139. The maximum atomic E-state index is 12.2. The van der Waals surface area contributed by atoms with E-state index in [-0.39, 0.29) is 12.5 Å². The molecule has 1 heterocycles. The van der Waals surface area contributed by atoms with E-state index < -0.39 is 23.7 Å². The Morgan fingerprint density at radius 3 is 2.71 bits per heavy atom. The predicted octanol–water partition coefficient (Wildman–Crippen LogP) is 1.76. The minimum Gasteiger partial charge on any atom is -0.464 e. The Balaban J connectivity index is 1.92. The van der Waals surface area contributed by atoms with Crippen LogP contribution in [0.15, 0.2) is 24.3 Å². The van der Waals surface area contributed by atoms with Gasteiger partial charge in [0.15, 0.2) is 0 Å². The Kier molecular flexibility index (Phi) is 5.43. The average molecular weight is 334 g/mol. The summed E-state index contributed by atoms with van der Waals surface area (Å²) in [5.74, 6) is -0.760. The second kappa shape index (κ2) is 7.33. The molecular formula is C17H22N2O5. The zero-order valence-corrected chi connectivity index (χ0v) is 14.0. The quantitative estimate of drug-likeness (QED) is 0.818. The number of benzene rings is 1. The molecule has 0 spiro atoms. The smallest absolute Gasteiger partial charge is 0.407 e. The lowest BCUT2D eigenvalue weighted by Crippen LogP contribution is -2.38. The van der Waals surface area contributed by atoms with E-state index in [4.69, 9.17) is 9.47 Å². The van der Waals surface area contributed by atoms with Crippen LogP contribution >= 0.6 is 0 Å². The monoisotopic (exact) mass is 334 g/mol. The highest BCUT2D eigenvalue weighted by molar-refractivity contribution is 5.97. The fourth-order valence-electron chi connectivity index (χ4n) is 2.18. The van der Waals surface area contributed by atoms with E-state index in [2.05, 4.69) is 10.6 Å². The molecule has 1 aromatic carbocycles. The number of rotatable bonds is 4. The Morgan fingerprint density at radius 2 is 2.08 bits per heavy atom. The standard InChI is InChI=1S/C17H22N2O5/c1-17(2,3)24-16(22)18-10-11-5-4-6-12(9-11)14(20)19-13-7-8-23-15(13)21/h4-6,9,13H,7-8,10H2,1-3H3,(H,18,22)(H,19,20)/t13-/m0/s1. The number of hydrogen-bond donors (Lipinski definition) is 2. The number of esters is 1. The molecule has 0 bridgehead atoms. The molecule has 1 aliphatic rings. The molecule has 2 N–H and O–H groups in total. The number of alkyl carbamates (subject to hydrolysis) is 1. The van der Waals surface area contributed by atoms with E-state index in [1.54, 1.807) is 45.0 Å². The lowest BCUT2D eigenvalue weighted by Gasteiger charge is -2.19. The Bertz CT molecular complexity index is 636. The van der Waals surface area contributed by atoms with Crippen LogP contribution in [0, 0.1) is 0 Å². The zero-order chi connectivity index (χ0) is 17.7. The summed E-state index contributed by atoms with van der Waals surface area (Å²) >= 11 is 0. The average Bonchev–Trinajstić information content (AvgIpc) is 2.89. The molecule has 1 fully saturated rings. The van der Waals surface area contributed by atoms with Gasteiger partial charge in [0, 0.05) is 18.5 Å². The van der Waals surface area contributed by atoms with Crippen molar-refractivity contribution >= 4 is 18.0 Å². The molecule has 130 valence electrons. The topological polar surface area (TPSA) is 93.7 Å². The second-order valence-electron chi connectivity index (χ2n) is 6.54. The summed E-state index contributed by atoms with van der Waals surface area (Å²) in [6.07, 6.45) is -0.0455. The summed E-state index contributed by atoms with van der Waals surface area (Å²) in [6, 6.07) is 6.21. The molecule has 1 aromatic rings. The fraction of sp³-hybridized carbons (Fsp3) is 0.471. The number of ether oxygens (including phenoxy) is 2. The van der Waals surface area contributed by atoms with Gasteiger partial charge in [-0.1, -0.05) is 12.1 Å². The molecule has 0 aromatic heterocycles. The number of carbonyl (C=O) groups is 3. The van der Waals surface area contributed by atoms with Gasteiger partial charge in [0.2, 0.25) is 0 Å². The molecule has 24 heavy (non-hydrogen) atoms. The zero-order valence-electron chi connectivity index (χ0n) is 14.0. The van der Waals surface area contributed by atoms with Gasteiger partial charge in [-0.2, -0.15) is 0 Å². The molecule has 2 rings (SSSR count). The van der Waals surface area contributed by atoms with Crippen LogP contribution in [0.3, 0.4) is 0 Å². The van der Waals surface area contributed by atoms with E-state index in [1.807, 2.05) is 0 Å². The van der Waals surface area contributed by atoms with Gasteiger partial charge in [-0.3, -0.25) is 4.79 Å². The molecule has 1 saturated heterocycles. The predicted molar refractivity (Wildman–Crippen MR) is 86.3 cm³/mol. The van der Waals surface area contributed by atoms with Crippen LogP contribution in [0.1, 0.15) is 43.1 Å². The SMILES string of the molecule is CC(C)(C)OC(=O)NCc1cccc(C(=O)N[C@H]2CCOC2=O)c1. The van der Waals surface area contributed by atoms with Gasteiger partial charge in [0.1, 0.15) is 11.6 Å². The van der Waals surface area contributed by atoms with E-state index in [9.17, 15) is 14.4 Å². The van der Waals surface area contributed by atoms with Crippen molar-refractivity contribution in [2.24, 2.45) is 0 Å². The van der Waals surface area contributed by atoms with Crippen LogP contribution in [0.25, 0.3) is 0 Å². The summed E-state index contributed by atoms with van der Waals surface area (Å²) in [4.78, 5) is 35.2. The van der Waals surface area contributed by atoms with Crippen molar-refractivity contribution in [3.63, 3.8) is 0 Å². The maximum Gasteiger partial charge on any atom is 0.407 e. The van der Waals surface area contributed by atoms with Crippen LogP contribution in [-0.4, -0.2) is 36.2 Å². The molecule has 0 radical (unpaired) electrons. The summed E-state index contributed by atoms with van der Waals surface area (Å²) in [6.45, 7) is 5.91. The fourth-order valence-corrected chi connectivity index (χ4v) is 2.18. The van der Waals surface area contributed by atoms with Crippen molar-refractivity contribution < 1.29 is 23.9 Å². The van der Waals surface area contributed by atoms with Gasteiger partial charge in [-0.25, -0.2) is 9.59 Å².